The van der Waals surface area contributed by atoms with Crippen LogP contribution in [0, 0.1) is 17.8 Å². The van der Waals surface area contributed by atoms with Gasteiger partial charge in [-0.2, -0.15) is 0 Å². The first kappa shape index (κ1) is 13.4. The molecule has 1 aromatic rings. The second-order valence-electron chi connectivity index (χ2n) is 6.32. The zero-order valence-corrected chi connectivity index (χ0v) is 12.2. The van der Waals surface area contributed by atoms with Crippen LogP contribution < -0.4 is 5.32 Å². The summed E-state index contributed by atoms with van der Waals surface area (Å²) < 4.78 is 2.25. The van der Waals surface area contributed by atoms with Gasteiger partial charge in [0.2, 0.25) is 5.95 Å². The van der Waals surface area contributed by atoms with Crippen LogP contribution in [0.5, 0.6) is 0 Å². The maximum absolute atomic E-state index is 4.47. The molecule has 3 nitrogen and oxygen atoms in total. The summed E-state index contributed by atoms with van der Waals surface area (Å²) in [5, 5.41) is 3.67. The molecule has 3 heteroatoms. The summed E-state index contributed by atoms with van der Waals surface area (Å²) in [4.78, 5) is 4.47. The van der Waals surface area contributed by atoms with Crippen LogP contribution in [0.15, 0.2) is 12.4 Å². The predicted octanol–water partition coefficient (Wildman–Crippen LogP) is 3.78. The highest BCUT2D eigenvalue weighted by atomic mass is 15.2. The van der Waals surface area contributed by atoms with Gasteiger partial charge in [-0.05, 0) is 24.2 Å². The highest BCUT2D eigenvalue weighted by molar-refractivity contribution is 5.28. The second kappa shape index (κ2) is 5.77. The van der Waals surface area contributed by atoms with E-state index in [1.807, 2.05) is 6.20 Å². The molecule has 0 aromatic carbocycles. The lowest BCUT2D eigenvalue weighted by molar-refractivity contribution is 0.252. The first-order valence-electron chi connectivity index (χ1n) is 7.35. The molecule has 1 heterocycles. The van der Waals surface area contributed by atoms with Crippen LogP contribution in [0.4, 0.5) is 5.95 Å². The molecule has 0 aliphatic heterocycles. The van der Waals surface area contributed by atoms with Crippen molar-refractivity contribution >= 4 is 5.95 Å². The van der Waals surface area contributed by atoms with Gasteiger partial charge < -0.3 is 9.88 Å². The van der Waals surface area contributed by atoms with Crippen molar-refractivity contribution in [2.45, 2.75) is 59.5 Å². The average Bonchev–Trinajstić information content (AvgIpc) is 2.72. The standard InChI is InChI=1S/C15H27N3/c1-11(2)10-18-9-8-16-15(18)17-14-7-5-6-12(3)13(14)4/h8-9,11-14H,5-7,10H2,1-4H3,(H,16,17). The molecule has 3 unspecified atom stereocenters. The maximum Gasteiger partial charge on any atom is 0.203 e. The predicted molar refractivity (Wildman–Crippen MR) is 76.7 cm³/mol. The molecule has 1 N–H and O–H groups in total. The number of aromatic nitrogens is 2. The van der Waals surface area contributed by atoms with Crippen LogP contribution in [-0.4, -0.2) is 15.6 Å². The topological polar surface area (TPSA) is 29.9 Å². The van der Waals surface area contributed by atoms with Gasteiger partial charge in [0.05, 0.1) is 0 Å². The van der Waals surface area contributed by atoms with Crippen LogP contribution >= 0.6 is 0 Å². The largest absolute Gasteiger partial charge is 0.353 e. The van der Waals surface area contributed by atoms with Gasteiger partial charge in [0, 0.05) is 25.0 Å². The molecule has 2 rings (SSSR count). The summed E-state index contributed by atoms with van der Waals surface area (Å²) in [5.41, 5.74) is 0. The molecule has 1 saturated carbocycles. The highest BCUT2D eigenvalue weighted by Gasteiger charge is 2.27. The fourth-order valence-corrected chi connectivity index (χ4v) is 2.94. The fraction of sp³-hybridized carbons (Fsp3) is 0.800. The Hall–Kier alpha value is -0.990. The molecule has 0 spiro atoms. The van der Waals surface area contributed by atoms with Crippen LogP contribution in [-0.2, 0) is 6.54 Å². The SMILES string of the molecule is CC(C)Cn1ccnc1NC1CCCC(C)C1C. The van der Waals surface area contributed by atoms with Crippen LogP contribution in [0.2, 0.25) is 0 Å². The van der Waals surface area contributed by atoms with E-state index in [-0.39, 0.29) is 0 Å². The lowest BCUT2D eigenvalue weighted by Gasteiger charge is -2.35. The molecule has 0 bridgehead atoms. The molecule has 102 valence electrons. The molecular formula is C15H27N3. The Morgan fingerprint density at radius 2 is 2.17 bits per heavy atom. The lowest BCUT2D eigenvalue weighted by atomic mass is 9.78. The molecule has 0 amide bonds. The maximum atomic E-state index is 4.47. The summed E-state index contributed by atoms with van der Waals surface area (Å²) >= 11 is 0. The van der Waals surface area contributed by atoms with Gasteiger partial charge in [-0.3, -0.25) is 0 Å². The smallest absolute Gasteiger partial charge is 0.203 e. The normalized spacial score (nSPS) is 28.6. The fourth-order valence-electron chi connectivity index (χ4n) is 2.94. The monoisotopic (exact) mass is 249 g/mol. The van der Waals surface area contributed by atoms with Crippen molar-refractivity contribution in [3.8, 4) is 0 Å². The molecular weight excluding hydrogens is 222 g/mol. The molecule has 18 heavy (non-hydrogen) atoms. The van der Waals surface area contributed by atoms with Gasteiger partial charge in [-0.1, -0.05) is 40.5 Å². The van der Waals surface area contributed by atoms with Gasteiger partial charge in [0.25, 0.3) is 0 Å². The van der Waals surface area contributed by atoms with E-state index < -0.39 is 0 Å². The Labute approximate surface area is 111 Å². The number of hydrogen-bond donors (Lipinski definition) is 1. The van der Waals surface area contributed by atoms with Crippen molar-refractivity contribution in [1.82, 2.24) is 9.55 Å². The van der Waals surface area contributed by atoms with E-state index in [9.17, 15) is 0 Å². The third-order valence-corrected chi connectivity index (χ3v) is 4.30. The van der Waals surface area contributed by atoms with Crippen molar-refractivity contribution in [3.05, 3.63) is 12.4 Å². The number of nitrogens with one attached hydrogen (secondary N) is 1. The van der Waals surface area contributed by atoms with Gasteiger partial charge in [-0.25, -0.2) is 4.98 Å². The Bertz CT molecular complexity index is 370. The minimum Gasteiger partial charge on any atom is -0.353 e. The number of hydrogen-bond acceptors (Lipinski definition) is 2. The number of anilines is 1. The Kier molecular flexibility index (Phi) is 4.31. The average molecular weight is 249 g/mol. The van der Waals surface area contributed by atoms with Crippen molar-refractivity contribution < 1.29 is 0 Å². The van der Waals surface area contributed by atoms with E-state index in [1.165, 1.54) is 19.3 Å². The quantitative estimate of drug-likeness (QED) is 0.880. The van der Waals surface area contributed by atoms with Gasteiger partial charge in [0.1, 0.15) is 0 Å². The summed E-state index contributed by atoms with van der Waals surface area (Å²) in [5.74, 6) is 3.27. The summed E-state index contributed by atoms with van der Waals surface area (Å²) in [6.07, 6.45) is 7.98. The Morgan fingerprint density at radius 3 is 2.89 bits per heavy atom. The Balaban J connectivity index is 2.02. The highest BCUT2D eigenvalue weighted by Crippen LogP contribution is 2.31. The van der Waals surface area contributed by atoms with E-state index in [0.717, 1.165) is 24.3 Å². The first-order valence-corrected chi connectivity index (χ1v) is 7.35. The van der Waals surface area contributed by atoms with Crippen molar-refractivity contribution in [2.24, 2.45) is 17.8 Å². The minimum atomic E-state index is 0.585. The van der Waals surface area contributed by atoms with E-state index in [4.69, 9.17) is 0 Å². The van der Waals surface area contributed by atoms with E-state index in [1.54, 1.807) is 0 Å². The molecule has 1 aromatic heterocycles. The van der Waals surface area contributed by atoms with Crippen LogP contribution in [0.3, 0.4) is 0 Å². The van der Waals surface area contributed by atoms with Crippen molar-refractivity contribution in [1.29, 1.82) is 0 Å². The number of imidazole rings is 1. The zero-order chi connectivity index (χ0) is 13.1. The summed E-state index contributed by atoms with van der Waals surface area (Å²) in [6, 6.07) is 0.585. The lowest BCUT2D eigenvalue weighted by Crippen LogP contribution is -2.36. The molecule has 1 aliphatic carbocycles. The molecule has 1 aliphatic rings. The zero-order valence-electron chi connectivity index (χ0n) is 12.2. The minimum absolute atomic E-state index is 0.585. The van der Waals surface area contributed by atoms with Crippen molar-refractivity contribution in [2.75, 3.05) is 5.32 Å². The number of nitrogens with zero attached hydrogens (tertiary/aromatic N) is 2. The molecule has 0 saturated heterocycles. The third-order valence-electron chi connectivity index (χ3n) is 4.30. The van der Waals surface area contributed by atoms with Crippen LogP contribution in [0.1, 0.15) is 47.0 Å². The van der Waals surface area contributed by atoms with Gasteiger partial charge >= 0.3 is 0 Å². The molecule has 3 atom stereocenters. The molecule has 1 fully saturated rings. The van der Waals surface area contributed by atoms with Crippen molar-refractivity contribution in [3.63, 3.8) is 0 Å². The van der Waals surface area contributed by atoms with Gasteiger partial charge in [-0.15, -0.1) is 0 Å². The Morgan fingerprint density at radius 1 is 1.39 bits per heavy atom. The van der Waals surface area contributed by atoms with Gasteiger partial charge in [0.15, 0.2) is 0 Å². The summed E-state index contributed by atoms with van der Waals surface area (Å²) in [7, 11) is 0. The summed E-state index contributed by atoms with van der Waals surface area (Å²) in [6.45, 7) is 10.3. The third kappa shape index (κ3) is 3.06. The number of rotatable bonds is 4. The van der Waals surface area contributed by atoms with E-state index >= 15 is 0 Å². The second-order valence-corrected chi connectivity index (χ2v) is 6.32. The van der Waals surface area contributed by atoms with E-state index in [2.05, 4.69) is 48.8 Å². The first-order chi connectivity index (χ1) is 8.58. The van der Waals surface area contributed by atoms with E-state index in [0.29, 0.717) is 12.0 Å². The van der Waals surface area contributed by atoms with Crippen LogP contribution in [0.25, 0.3) is 0 Å². The molecule has 0 radical (unpaired) electrons.